The van der Waals surface area contributed by atoms with Gasteiger partial charge in [-0.1, -0.05) is 6.92 Å². The Labute approximate surface area is 118 Å². The first kappa shape index (κ1) is 16.4. The largest absolute Gasteiger partial charge is 0.466 e. The molecule has 0 aromatic rings. The highest BCUT2D eigenvalue weighted by molar-refractivity contribution is 5.89. The number of hydrogen-bond acceptors (Lipinski definition) is 5. The Morgan fingerprint density at radius 3 is 2.65 bits per heavy atom. The molecule has 1 saturated heterocycles. The van der Waals surface area contributed by atoms with Crippen molar-refractivity contribution in [1.29, 1.82) is 0 Å². The highest BCUT2D eigenvalue weighted by Gasteiger charge is 2.29. The Morgan fingerprint density at radius 2 is 2.15 bits per heavy atom. The normalized spacial score (nSPS) is 21.0. The van der Waals surface area contributed by atoms with Crippen molar-refractivity contribution in [3.05, 3.63) is 0 Å². The van der Waals surface area contributed by atoms with Gasteiger partial charge in [0.15, 0.2) is 0 Å². The second-order valence-corrected chi connectivity index (χ2v) is 4.85. The summed E-state index contributed by atoms with van der Waals surface area (Å²) in [6.45, 7) is 4.15. The Balaban J connectivity index is 2.53. The number of nitrogens with one attached hydrogen (secondary N) is 1. The summed E-state index contributed by atoms with van der Waals surface area (Å²) in [4.78, 5) is 34.8. The predicted molar refractivity (Wildman–Crippen MR) is 70.5 cm³/mol. The van der Waals surface area contributed by atoms with Crippen LogP contribution in [-0.2, 0) is 23.9 Å². The number of rotatable bonds is 7. The quantitative estimate of drug-likeness (QED) is 0.626. The van der Waals surface area contributed by atoms with Crippen molar-refractivity contribution < 1.29 is 23.9 Å². The lowest BCUT2D eigenvalue weighted by molar-refractivity contribution is -0.148. The van der Waals surface area contributed by atoms with Crippen molar-refractivity contribution >= 4 is 17.8 Å². The zero-order valence-corrected chi connectivity index (χ0v) is 11.9. The molecule has 0 aromatic carbocycles. The molecule has 3 N–H and O–H groups in total. The molecule has 1 rings (SSSR count). The summed E-state index contributed by atoms with van der Waals surface area (Å²) >= 11 is 0. The van der Waals surface area contributed by atoms with Gasteiger partial charge in [0.1, 0.15) is 12.1 Å². The van der Waals surface area contributed by atoms with Gasteiger partial charge >= 0.3 is 5.97 Å². The molecular formula is C13H22N2O5. The Hall–Kier alpha value is -1.63. The molecule has 0 spiro atoms. The molecular weight excluding hydrogens is 264 g/mol. The molecule has 0 saturated carbocycles. The van der Waals surface area contributed by atoms with Crippen LogP contribution < -0.4 is 11.1 Å². The van der Waals surface area contributed by atoms with Crippen LogP contribution in [0.15, 0.2) is 0 Å². The van der Waals surface area contributed by atoms with Crippen LogP contribution in [0.4, 0.5) is 0 Å². The number of esters is 1. The first-order valence-corrected chi connectivity index (χ1v) is 6.83. The lowest BCUT2D eigenvalue weighted by atomic mass is 10.0. The average molecular weight is 286 g/mol. The topological polar surface area (TPSA) is 108 Å². The van der Waals surface area contributed by atoms with Crippen LogP contribution in [-0.4, -0.2) is 43.1 Å². The molecule has 0 unspecified atom stereocenters. The van der Waals surface area contributed by atoms with Gasteiger partial charge in [-0.05, 0) is 26.2 Å². The van der Waals surface area contributed by atoms with E-state index in [1.165, 1.54) is 0 Å². The minimum absolute atomic E-state index is 0.118. The van der Waals surface area contributed by atoms with Gasteiger partial charge in [-0.15, -0.1) is 0 Å². The molecule has 20 heavy (non-hydrogen) atoms. The highest BCUT2D eigenvalue weighted by atomic mass is 16.5. The van der Waals surface area contributed by atoms with Crippen LogP contribution in [0.1, 0.15) is 33.1 Å². The minimum Gasteiger partial charge on any atom is -0.466 e. The van der Waals surface area contributed by atoms with E-state index in [0.29, 0.717) is 13.0 Å². The molecule has 7 nitrogen and oxygen atoms in total. The maximum Gasteiger partial charge on any atom is 0.308 e. The van der Waals surface area contributed by atoms with E-state index < -0.39 is 29.9 Å². The molecule has 3 atom stereocenters. The Bertz CT molecular complexity index is 366. The summed E-state index contributed by atoms with van der Waals surface area (Å²) < 4.78 is 10.1. The lowest BCUT2D eigenvalue weighted by Crippen LogP contribution is -2.49. The summed E-state index contributed by atoms with van der Waals surface area (Å²) in [6.07, 6.45) is 1.03. The maximum atomic E-state index is 11.9. The molecule has 0 radical (unpaired) electrons. The first-order valence-electron chi connectivity index (χ1n) is 6.83. The van der Waals surface area contributed by atoms with E-state index in [2.05, 4.69) is 5.32 Å². The summed E-state index contributed by atoms with van der Waals surface area (Å²) in [5.41, 5.74) is 5.26. The van der Waals surface area contributed by atoms with Gasteiger partial charge in [-0.25, -0.2) is 0 Å². The molecule has 1 heterocycles. The van der Waals surface area contributed by atoms with Crippen LogP contribution in [0, 0.1) is 5.92 Å². The minimum atomic E-state index is -0.897. The van der Waals surface area contributed by atoms with E-state index in [9.17, 15) is 14.4 Å². The number of carbonyl (C=O) groups is 3. The molecule has 2 amide bonds. The Kier molecular flexibility index (Phi) is 6.44. The van der Waals surface area contributed by atoms with E-state index in [-0.39, 0.29) is 18.9 Å². The van der Waals surface area contributed by atoms with Gasteiger partial charge in [0.25, 0.3) is 0 Å². The molecule has 7 heteroatoms. The van der Waals surface area contributed by atoms with Crippen LogP contribution >= 0.6 is 0 Å². The van der Waals surface area contributed by atoms with Gasteiger partial charge in [-0.2, -0.15) is 0 Å². The number of amides is 2. The van der Waals surface area contributed by atoms with E-state index in [1.54, 1.807) is 13.8 Å². The molecule has 114 valence electrons. The third-order valence-electron chi connectivity index (χ3n) is 3.16. The second-order valence-electron chi connectivity index (χ2n) is 4.85. The molecule has 0 bridgehead atoms. The number of primary amides is 1. The second kappa shape index (κ2) is 7.84. The van der Waals surface area contributed by atoms with Gasteiger partial charge in [-0.3, -0.25) is 14.4 Å². The molecule has 0 aromatic heterocycles. The third-order valence-corrected chi connectivity index (χ3v) is 3.16. The number of carbonyl (C=O) groups excluding carboxylic acids is 3. The summed E-state index contributed by atoms with van der Waals surface area (Å²) in [6, 6.07) is -0.897. The fourth-order valence-electron chi connectivity index (χ4n) is 2.03. The molecule has 1 aliphatic rings. The zero-order chi connectivity index (χ0) is 15.1. The van der Waals surface area contributed by atoms with Crippen molar-refractivity contribution in [2.45, 2.75) is 45.3 Å². The fraction of sp³-hybridized carbons (Fsp3) is 0.769. The SMILES string of the molecule is CCOC(=O)[C@H](C)C[C@H](NC(=O)[C@H]1CCCO1)C(N)=O. The van der Waals surface area contributed by atoms with Crippen molar-refractivity contribution in [3.8, 4) is 0 Å². The third kappa shape index (κ3) is 4.80. The standard InChI is InChI=1S/C13H22N2O5/c1-3-19-13(18)8(2)7-9(11(14)16)15-12(17)10-5-4-6-20-10/h8-10H,3-7H2,1-2H3,(H2,14,16)(H,15,17)/t8-,9+,10-/m1/s1. The van der Waals surface area contributed by atoms with Gasteiger partial charge < -0.3 is 20.5 Å². The van der Waals surface area contributed by atoms with Crippen molar-refractivity contribution in [2.75, 3.05) is 13.2 Å². The summed E-state index contributed by atoms with van der Waals surface area (Å²) in [7, 11) is 0. The van der Waals surface area contributed by atoms with Gasteiger partial charge in [0, 0.05) is 6.61 Å². The highest BCUT2D eigenvalue weighted by Crippen LogP contribution is 2.13. The van der Waals surface area contributed by atoms with Crippen molar-refractivity contribution in [1.82, 2.24) is 5.32 Å². The predicted octanol–water partition coefficient (Wildman–Crippen LogP) is -0.275. The zero-order valence-electron chi connectivity index (χ0n) is 11.9. The fourth-order valence-corrected chi connectivity index (χ4v) is 2.03. The maximum absolute atomic E-state index is 11.9. The molecule has 1 aliphatic heterocycles. The van der Waals surface area contributed by atoms with Crippen molar-refractivity contribution in [3.63, 3.8) is 0 Å². The number of hydrogen-bond donors (Lipinski definition) is 2. The van der Waals surface area contributed by atoms with Crippen LogP contribution in [0.5, 0.6) is 0 Å². The Morgan fingerprint density at radius 1 is 1.45 bits per heavy atom. The van der Waals surface area contributed by atoms with Gasteiger partial charge in [0.2, 0.25) is 11.8 Å². The molecule has 0 aliphatic carbocycles. The van der Waals surface area contributed by atoms with Crippen LogP contribution in [0.2, 0.25) is 0 Å². The van der Waals surface area contributed by atoms with Crippen molar-refractivity contribution in [2.24, 2.45) is 11.7 Å². The monoisotopic (exact) mass is 286 g/mol. The van der Waals surface area contributed by atoms with E-state index in [1.807, 2.05) is 0 Å². The lowest BCUT2D eigenvalue weighted by Gasteiger charge is -2.20. The summed E-state index contributed by atoms with van der Waals surface area (Å²) in [5, 5.41) is 2.54. The van der Waals surface area contributed by atoms with E-state index in [0.717, 1.165) is 6.42 Å². The smallest absolute Gasteiger partial charge is 0.308 e. The van der Waals surface area contributed by atoms with E-state index >= 15 is 0 Å². The number of nitrogens with two attached hydrogens (primary N) is 1. The average Bonchev–Trinajstić information content (AvgIpc) is 2.91. The summed E-state index contributed by atoms with van der Waals surface area (Å²) in [5.74, 6) is -1.96. The van der Waals surface area contributed by atoms with E-state index in [4.69, 9.17) is 15.2 Å². The van der Waals surface area contributed by atoms with Crippen LogP contribution in [0.3, 0.4) is 0 Å². The van der Waals surface area contributed by atoms with Gasteiger partial charge in [0.05, 0.1) is 12.5 Å². The van der Waals surface area contributed by atoms with Crippen LogP contribution in [0.25, 0.3) is 0 Å². The first-order chi connectivity index (χ1) is 9.45. The molecule has 1 fully saturated rings. The number of ether oxygens (including phenoxy) is 2.